The number of rotatable bonds is 1. The number of nitrogens with zero attached hydrogens (tertiary/aromatic N) is 1. The van der Waals surface area contributed by atoms with Crippen LogP contribution >= 0.6 is 0 Å². The number of anilines is 3. The molecule has 0 aromatic heterocycles. The molecule has 0 saturated heterocycles. The predicted octanol–water partition coefficient (Wildman–Crippen LogP) is 3.43. The number of likely N-dealkylation sites (N-methyl/N-ethyl adjacent to an activating group) is 1. The van der Waals surface area contributed by atoms with Crippen LogP contribution in [0.2, 0.25) is 0 Å². The van der Waals surface area contributed by atoms with E-state index in [0.717, 1.165) is 6.54 Å². The molecule has 96 valence electrons. The zero-order valence-corrected chi connectivity index (χ0v) is 10.9. The highest BCUT2D eigenvalue weighted by molar-refractivity contribution is 5.77. The molecule has 2 aromatic carbocycles. The van der Waals surface area contributed by atoms with Crippen LogP contribution in [0.15, 0.2) is 48.5 Å². The van der Waals surface area contributed by atoms with E-state index in [1.165, 1.54) is 22.6 Å². The van der Waals surface area contributed by atoms with E-state index in [1.54, 1.807) is 0 Å². The summed E-state index contributed by atoms with van der Waals surface area (Å²) in [7, 11) is 0. The first-order valence-electron chi connectivity index (χ1n) is 6.86. The lowest BCUT2D eigenvalue weighted by Crippen LogP contribution is -2.44. The van der Waals surface area contributed by atoms with E-state index in [4.69, 9.17) is 0 Å². The van der Waals surface area contributed by atoms with Gasteiger partial charge in [0, 0.05) is 17.8 Å². The Hall–Kier alpha value is -2.16. The normalized spacial score (nSPS) is 22.9. The van der Waals surface area contributed by atoms with E-state index in [-0.39, 0.29) is 0 Å². The molecule has 2 N–H and O–H groups in total. The Kier molecular flexibility index (Phi) is 2.21. The number of fused-ring (bicyclic) bond motifs is 4. The lowest BCUT2D eigenvalue weighted by Gasteiger charge is -2.36. The fourth-order valence-corrected chi connectivity index (χ4v) is 3.26. The molecule has 2 aromatic rings. The van der Waals surface area contributed by atoms with Gasteiger partial charge in [0.1, 0.15) is 6.17 Å². The standard InChI is InChI=1S/C16H17N3/c1-2-19-14-10-6-3-7-11(14)15-16(19)18-13-9-5-4-8-12(13)17-15/h3-10,15-18H,2H2,1H3. The van der Waals surface area contributed by atoms with Gasteiger partial charge in [0.05, 0.1) is 17.4 Å². The van der Waals surface area contributed by atoms with Gasteiger partial charge in [-0.25, -0.2) is 0 Å². The smallest absolute Gasteiger partial charge is 0.124 e. The molecule has 2 heterocycles. The van der Waals surface area contributed by atoms with Crippen LogP contribution in [0.1, 0.15) is 18.5 Å². The Balaban J connectivity index is 1.82. The zero-order valence-electron chi connectivity index (χ0n) is 10.9. The van der Waals surface area contributed by atoms with E-state index in [1.807, 2.05) is 0 Å². The quantitative estimate of drug-likeness (QED) is 0.813. The van der Waals surface area contributed by atoms with Gasteiger partial charge in [-0.3, -0.25) is 0 Å². The van der Waals surface area contributed by atoms with Crippen molar-refractivity contribution in [3.63, 3.8) is 0 Å². The van der Waals surface area contributed by atoms with Crippen molar-refractivity contribution in [3.05, 3.63) is 54.1 Å². The third-order valence-corrected chi connectivity index (χ3v) is 4.11. The van der Waals surface area contributed by atoms with Crippen LogP contribution in [0, 0.1) is 0 Å². The Morgan fingerprint density at radius 2 is 1.63 bits per heavy atom. The summed E-state index contributed by atoms with van der Waals surface area (Å²) in [5.41, 5.74) is 5.11. The van der Waals surface area contributed by atoms with Crippen molar-refractivity contribution in [2.24, 2.45) is 0 Å². The second kappa shape index (κ2) is 3.92. The van der Waals surface area contributed by atoms with E-state index in [9.17, 15) is 0 Å². The summed E-state index contributed by atoms with van der Waals surface area (Å²) >= 11 is 0. The Bertz CT molecular complexity index is 623. The van der Waals surface area contributed by atoms with Gasteiger partial charge in [-0.1, -0.05) is 30.3 Å². The molecule has 3 nitrogen and oxygen atoms in total. The molecule has 2 unspecified atom stereocenters. The fraction of sp³-hybridized carbons (Fsp3) is 0.250. The summed E-state index contributed by atoms with van der Waals surface area (Å²) in [4.78, 5) is 2.43. The summed E-state index contributed by atoms with van der Waals surface area (Å²) in [6.07, 6.45) is 0.303. The Morgan fingerprint density at radius 1 is 0.947 bits per heavy atom. The number of hydrogen-bond donors (Lipinski definition) is 2. The van der Waals surface area contributed by atoms with Crippen molar-refractivity contribution in [2.45, 2.75) is 19.1 Å². The molecule has 0 amide bonds. The minimum Gasteiger partial charge on any atom is -0.373 e. The monoisotopic (exact) mass is 251 g/mol. The second-order valence-electron chi connectivity index (χ2n) is 5.10. The first-order chi connectivity index (χ1) is 9.38. The van der Waals surface area contributed by atoms with Gasteiger partial charge in [0.25, 0.3) is 0 Å². The van der Waals surface area contributed by atoms with Crippen LogP contribution in [0.3, 0.4) is 0 Å². The molecule has 0 spiro atoms. The maximum absolute atomic E-state index is 3.68. The molecule has 0 aliphatic carbocycles. The topological polar surface area (TPSA) is 27.3 Å². The fourth-order valence-electron chi connectivity index (χ4n) is 3.26. The molecule has 0 radical (unpaired) electrons. The third-order valence-electron chi connectivity index (χ3n) is 4.11. The predicted molar refractivity (Wildman–Crippen MR) is 79.7 cm³/mol. The molecule has 0 fully saturated rings. The third kappa shape index (κ3) is 1.44. The molecule has 2 aliphatic heterocycles. The van der Waals surface area contributed by atoms with E-state index in [0.29, 0.717) is 12.2 Å². The van der Waals surface area contributed by atoms with E-state index >= 15 is 0 Å². The van der Waals surface area contributed by atoms with Crippen molar-refractivity contribution < 1.29 is 0 Å². The average molecular weight is 251 g/mol. The van der Waals surface area contributed by atoms with Crippen LogP contribution in [0.25, 0.3) is 0 Å². The van der Waals surface area contributed by atoms with Gasteiger partial charge < -0.3 is 15.5 Å². The highest BCUT2D eigenvalue weighted by atomic mass is 15.3. The number of para-hydroxylation sites is 3. The molecule has 4 rings (SSSR count). The van der Waals surface area contributed by atoms with Crippen molar-refractivity contribution in [3.8, 4) is 0 Å². The number of nitrogens with one attached hydrogen (secondary N) is 2. The largest absolute Gasteiger partial charge is 0.373 e. The van der Waals surface area contributed by atoms with Crippen molar-refractivity contribution in [1.82, 2.24) is 0 Å². The molecule has 0 saturated carbocycles. The van der Waals surface area contributed by atoms with E-state index < -0.39 is 0 Å². The number of hydrogen-bond acceptors (Lipinski definition) is 3. The van der Waals surface area contributed by atoms with Crippen LogP contribution in [0.4, 0.5) is 17.1 Å². The van der Waals surface area contributed by atoms with Crippen molar-refractivity contribution >= 4 is 17.1 Å². The molecule has 2 aliphatic rings. The van der Waals surface area contributed by atoms with Gasteiger partial charge in [0.2, 0.25) is 0 Å². The Morgan fingerprint density at radius 3 is 2.42 bits per heavy atom. The summed E-state index contributed by atoms with van der Waals surface area (Å²) in [5, 5.41) is 7.35. The molecule has 2 atom stereocenters. The van der Waals surface area contributed by atoms with Crippen LogP contribution in [0.5, 0.6) is 0 Å². The summed E-state index contributed by atoms with van der Waals surface area (Å²) in [6.45, 7) is 3.22. The van der Waals surface area contributed by atoms with Gasteiger partial charge in [0.15, 0.2) is 0 Å². The van der Waals surface area contributed by atoms with Crippen LogP contribution in [-0.2, 0) is 0 Å². The summed E-state index contributed by atoms with van der Waals surface area (Å²) in [5.74, 6) is 0. The first-order valence-corrected chi connectivity index (χ1v) is 6.86. The molecule has 19 heavy (non-hydrogen) atoms. The zero-order chi connectivity index (χ0) is 12.8. The highest BCUT2D eigenvalue weighted by Crippen LogP contribution is 2.45. The van der Waals surface area contributed by atoms with Crippen LogP contribution < -0.4 is 15.5 Å². The molecule has 3 heteroatoms. The van der Waals surface area contributed by atoms with Gasteiger partial charge in [-0.15, -0.1) is 0 Å². The SMILES string of the molecule is CCN1c2ccccc2C2Nc3ccccc3NC21. The number of benzene rings is 2. The maximum Gasteiger partial charge on any atom is 0.124 e. The maximum atomic E-state index is 3.68. The second-order valence-corrected chi connectivity index (χ2v) is 5.10. The summed E-state index contributed by atoms with van der Waals surface area (Å²) < 4.78 is 0. The van der Waals surface area contributed by atoms with Crippen molar-refractivity contribution in [2.75, 3.05) is 22.1 Å². The lowest BCUT2D eigenvalue weighted by molar-refractivity contribution is 0.614. The average Bonchev–Trinajstić information content (AvgIpc) is 2.78. The molecular formula is C16H17N3. The highest BCUT2D eigenvalue weighted by Gasteiger charge is 2.40. The van der Waals surface area contributed by atoms with Gasteiger partial charge in [-0.2, -0.15) is 0 Å². The lowest BCUT2D eigenvalue weighted by atomic mass is 10.0. The van der Waals surface area contributed by atoms with E-state index in [2.05, 4.69) is 71.0 Å². The van der Waals surface area contributed by atoms with Gasteiger partial charge >= 0.3 is 0 Å². The van der Waals surface area contributed by atoms with Gasteiger partial charge in [-0.05, 0) is 25.1 Å². The first kappa shape index (κ1) is 10.7. The minimum atomic E-state index is 0.303. The van der Waals surface area contributed by atoms with Crippen LogP contribution in [-0.4, -0.2) is 12.7 Å². The minimum absolute atomic E-state index is 0.303. The Labute approximate surface area is 113 Å². The molecular weight excluding hydrogens is 234 g/mol. The molecule has 0 bridgehead atoms. The summed E-state index contributed by atoms with van der Waals surface area (Å²) in [6, 6.07) is 17.4. The van der Waals surface area contributed by atoms with Crippen molar-refractivity contribution in [1.29, 1.82) is 0 Å².